The van der Waals surface area contributed by atoms with E-state index in [2.05, 4.69) is 16.3 Å². The third-order valence-electron chi connectivity index (χ3n) is 3.40. The van der Waals surface area contributed by atoms with Gasteiger partial charge in [-0.15, -0.1) is 24.8 Å². The molecule has 0 bridgehead atoms. The second-order valence-corrected chi connectivity index (χ2v) is 4.38. The molecule has 0 spiro atoms. The summed E-state index contributed by atoms with van der Waals surface area (Å²) in [6.07, 6.45) is 3.10. The monoisotopic (exact) mass is 264 g/mol. The lowest BCUT2D eigenvalue weighted by atomic mass is 10.1. The lowest BCUT2D eigenvalue weighted by Gasteiger charge is -2.14. The second-order valence-electron chi connectivity index (χ2n) is 4.38. The first-order valence-electron chi connectivity index (χ1n) is 5.40. The first-order valence-corrected chi connectivity index (χ1v) is 5.40. The van der Waals surface area contributed by atoms with Crippen molar-refractivity contribution in [1.29, 1.82) is 0 Å². The SMILES string of the molecule is Cl.Cl.c1coc(CN2C[C@@H]3CCN[C@@H]3C2)c1. The van der Waals surface area contributed by atoms with Gasteiger partial charge < -0.3 is 9.73 Å². The van der Waals surface area contributed by atoms with Crippen molar-refractivity contribution >= 4 is 24.8 Å². The Balaban J connectivity index is 0.000000640. The summed E-state index contributed by atoms with van der Waals surface area (Å²) in [7, 11) is 0. The topological polar surface area (TPSA) is 28.4 Å². The molecular weight excluding hydrogens is 247 g/mol. The van der Waals surface area contributed by atoms with Gasteiger partial charge in [0.25, 0.3) is 0 Å². The van der Waals surface area contributed by atoms with Crippen molar-refractivity contribution in [3.8, 4) is 0 Å². The molecular formula is C11H18Cl2N2O. The number of hydrogen-bond donors (Lipinski definition) is 1. The summed E-state index contributed by atoms with van der Waals surface area (Å²) in [6, 6.07) is 4.76. The van der Waals surface area contributed by atoms with Crippen LogP contribution in [0.2, 0.25) is 0 Å². The number of nitrogens with one attached hydrogen (secondary N) is 1. The highest BCUT2D eigenvalue weighted by Gasteiger charge is 2.35. The van der Waals surface area contributed by atoms with Crippen LogP contribution in [0.5, 0.6) is 0 Å². The van der Waals surface area contributed by atoms with Crippen LogP contribution in [-0.2, 0) is 6.54 Å². The third kappa shape index (κ3) is 2.72. The van der Waals surface area contributed by atoms with Crippen LogP contribution in [0.4, 0.5) is 0 Å². The van der Waals surface area contributed by atoms with Crippen LogP contribution in [0.25, 0.3) is 0 Å². The molecule has 0 saturated carbocycles. The van der Waals surface area contributed by atoms with Crippen LogP contribution in [0.1, 0.15) is 12.2 Å². The molecule has 2 saturated heterocycles. The summed E-state index contributed by atoms with van der Waals surface area (Å²) < 4.78 is 5.36. The number of halogens is 2. The zero-order valence-electron chi connectivity index (χ0n) is 9.09. The van der Waals surface area contributed by atoms with E-state index in [1.54, 1.807) is 6.26 Å². The van der Waals surface area contributed by atoms with E-state index in [9.17, 15) is 0 Å². The Morgan fingerprint density at radius 3 is 2.94 bits per heavy atom. The van der Waals surface area contributed by atoms with E-state index in [1.165, 1.54) is 26.1 Å². The van der Waals surface area contributed by atoms with Crippen LogP contribution in [0, 0.1) is 5.92 Å². The summed E-state index contributed by atoms with van der Waals surface area (Å²) in [5.41, 5.74) is 0. The van der Waals surface area contributed by atoms with Gasteiger partial charge in [0.15, 0.2) is 0 Å². The van der Waals surface area contributed by atoms with E-state index in [0.717, 1.165) is 24.3 Å². The fraction of sp³-hybridized carbons (Fsp3) is 0.636. The molecule has 92 valence electrons. The van der Waals surface area contributed by atoms with Gasteiger partial charge in [-0.1, -0.05) is 0 Å². The molecule has 1 aromatic heterocycles. The van der Waals surface area contributed by atoms with Gasteiger partial charge in [-0.05, 0) is 31.0 Å². The maximum Gasteiger partial charge on any atom is 0.117 e. The molecule has 2 atom stereocenters. The lowest BCUT2D eigenvalue weighted by Crippen LogP contribution is -2.29. The number of fused-ring (bicyclic) bond motifs is 1. The van der Waals surface area contributed by atoms with Gasteiger partial charge in [-0.25, -0.2) is 0 Å². The average molecular weight is 265 g/mol. The Bertz CT molecular complexity index is 293. The van der Waals surface area contributed by atoms with Crippen LogP contribution in [0.15, 0.2) is 22.8 Å². The largest absolute Gasteiger partial charge is 0.468 e. The van der Waals surface area contributed by atoms with Crippen molar-refractivity contribution < 1.29 is 4.42 Å². The molecule has 0 unspecified atom stereocenters. The molecule has 2 aliphatic rings. The highest BCUT2D eigenvalue weighted by molar-refractivity contribution is 5.85. The smallest absolute Gasteiger partial charge is 0.117 e. The molecule has 3 nitrogen and oxygen atoms in total. The highest BCUT2D eigenvalue weighted by Crippen LogP contribution is 2.25. The van der Waals surface area contributed by atoms with Crippen molar-refractivity contribution in [3.63, 3.8) is 0 Å². The molecule has 3 rings (SSSR count). The summed E-state index contributed by atoms with van der Waals surface area (Å²) in [5.74, 6) is 1.97. The fourth-order valence-electron chi connectivity index (χ4n) is 2.69. The first-order chi connectivity index (χ1) is 6.92. The Morgan fingerprint density at radius 1 is 1.38 bits per heavy atom. The van der Waals surface area contributed by atoms with Crippen LogP contribution in [-0.4, -0.2) is 30.6 Å². The fourth-order valence-corrected chi connectivity index (χ4v) is 2.69. The standard InChI is InChI=1S/C11H16N2O.2ClH/c1-2-10(14-5-1)7-13-6-9-3-4-12-11(9)8-13;;/h1-2,5,9,11-12H,3-4,6-8H2;2*1H/t9-,11+;;/m0../s1. The highest BCUT2D eigenvalue weighted by atomic mass is 35.5. The number of likely N-dealkylation sites (tertiary alicyclic amines) is 1. The molecule has 0 amide bonds. The third-order valence-corrected chi connectivity index (χ3v) is 3.40. The van der Waals surface area contributed by atoms with E-state index < -0.39 is 0 Å². The Hall–Kier alpha value is -0.220. The molecule has 5 heteroatoms. The first kappa shape index (κ1) is 13.8. The van der Waals surface area contributed by atoms with Gasteiger partial charge in [0.05, 0.1) is 12.8 Å². The normalized spacial score (nSPS) is 28.2. The Labute approximate surface area is 108 Å². The lowest BCUT2D eigenvalue weighted by molar-refractivity contribution is 0.279. The van der Waals surface area contributed by atoms with E-state index >= 15 is 0 Å². The maximum absolute atomic E-state index is 5.36. The number of nitrogens with zero attached hydrogens (tertiary/aromatic N) is 1. The Morgan fingerprint density at radius 2 is 2.25 bits per heavy atom. The van der Waals surface area contributed by atoms with Crippen molar-refractivity contribution in [2.75, 3.05) is 19.6 Å². The second kappa shape index (κ2) is 5.92. The predicted octanol–water partition coefficient (Wildman–Crippen LogP) is 1.92. The summed E-state index contributed by atoms with van der Waals surface area (Å²) in [6.45, 7) is 4.61. The van der Waals surface area contributed by atoms with Gasteiger partial charge in [-0.3, -0.25) is 4.90 Å². The maximum atomic E-state index is 5.36. The van der Waals surface area contributed by atoms with Crippen molar-refractivity contribution in [1.82, 2.24) is 10.2 Å². The van der Waals surface area contributed by atoms with Crippen LogP contribution in [0.3, 0.4) is 0 Å². The van der Waals surface area contributed by atoms with E-state index in [0.29, 0.717) is 0 Å². The minimum absolute atomic E-state index is 0. The van der Waals surface area contributed by atoms with Crippen molar-refractivity contribution in [3.05, 3.63) is 24.2 Å². The zero-order chi connectivity index (χ0) is 9.38. The van der Waals surface area contributed by atoms with Crippen molar-refractivity contribution in [2.24, 2.45) is 5.92 Å². The molecule has 1 aromatic rings. The number of rotatable bonds is 2. The zero-order valence-corrected chi connectivity index (χ0v) is 10.7. The molecule has 2 fully saturated rings. The van der Waals surface area contributed by atoms with Gasteiger partial charge in [-0.2, -0.15) is 0 Å². The van der Waals surface area contributed by atoms with Gasteiger partial charge in [0, 0.05) is 19.1 Å². The van der Waals surface area contributed by atoms with Gasteiger partial charge in [0.2, 0.25) is 0 Å². The molecule has 0 aliphatic carbocycles. The van der Waals surface area contributed by atoms with Crippen LogP contribution < -0.4 is 5.32 Å². The Kier molecular flexibility index (Phi) is 5.12. The minimum atomic E-state index is 0. The van der Waals surface area contributed by atoms with Gasteiger partial charge in [0.1, 0.15) is 5.76 Å². The minimum Gasteiger partial charge on any atom is -0.468 e. The van der Waals surface area contributed by atoms with Gasteiger partial charge >= 0.3 is 0 Å². The quantitative estimate of drug-likeness (QED) is 0.885. The predicted molar refractivity (Wildman–Crippen MR) is 68.4 cm³/mol. The van der Waals surface area contributed by atoms with Crippen LogP contribution >= 0.6 is 24.8 Å². The number of furan rings is 1. The van der Waals surface area contributed by atoms with E-state index in [1.807, 2.05) is 6.07 Å². The van der Waals surface area contributed by atoms with Crippen molar-refractivity contribution in [2.45, 2.75) is 19.0 Å². The van der Waals surface area contributed by atoms with E-state index in [4.69, 9.17) is 4.42 Å². The number of hydrogen-bond acceptors (Lipinski definition) is 3. The average Bonchev–Trinajstić information content (AvgIpc) is 2.78. The summed E-state index contributed by atoms with van der Waals surface area (Å²) in [4.78, 5) is 2.49. The summed E-state index contributed by atoms with van der Waals surface area (Å²) >= 11 is 0. The molecule has 3 heterocycles. The molecule has 1 N–H and O–H groups in total. The molecule has 2 aliphatic heterocycles. The summed E-state index contributed by atoms with van der Waals surface area (Å²) in [5, 5.41) is 3.56. The molecule has 16 heavy (non-hydrogen) atoms. The van der Waals surface area contributed by atoms with E-state index in [-0.39, 0.29) is 24.8 Å². The molecule has 0 radical (unpaired) electrons. The molecule has 0 aromatic carbocycles.